The van der Waals surface area contributed by atoms with Gasteiger partial charge in [-0.25, -0.2) is 4.98 Å². The van der Waals surface area contributed by atoms with Gasteiger partial charge in [0.15, 0.2) is 0 Å². The maximum Gasteiger partial charge on any atom is 0.203 e. The van der Waals surface area contributed by atoms with Crippen molar-refractivity contribution in [2.75, 3.05) is 52.7 Å². The van der Waals surface area contributed by atoms with E-state index in [9.17, 15) is 0 Å². The summed E-state index contributed by atoms with van der Waals surface area (Å²) in [7, 11) is 6.43. The highest BCUT2D eigenvalue weighted by Gasteiger charge is 2.22. The second-order valence-corrected chi connectivity index (χ2v) is 9.26. The number of hydrogen-bond acceptors (Lipinski definition) is 6. The zero-order valence-electron chi connectivity index (χ0n) is 17.6. The number of aromatic nitrogens is 2. The van der Waals surface area contributed by atoms with Gasteiger partial charge in [-0.2, -0.15) is 0 Å². The van der Waals surface area contributed by atoms with Gasteiger partial charge in [0.25, 0.3) is 0 Å². The van der Waals surface area contributed by atoms with Crippen molar-refractivity contribution in [1.82, 2.24) is 19.4 Å². The van der Waals surface area contributed by atoms with Gasteiger partial charge < -0.3 is 24.4 Å². The summed E-state index contributed by atoms with van der Waals surface area (Å²) >= 11 is 1.81. The first kappa shape index (κ1) is 20.2. The largest absolute Gasteiger partial charge is 0.493 e. The minimum Gasteiger partial charge on any atom is -0.493 e. The van der Waals surface area contributed by atoms with Gasteiger partial charge in [-0.15, -0.1) is 11.3 Å². The number of nitrogens with zero attached hydrogens (tertiary/aromatic N) is 4. The molecule has 1 aromatic carbocycles. The Labute approximate surface area is 177 Å². The fraction of sp³-hybridized carbons (Fsp3) is 0.500. The molecular weight excluding hydrogens is 382 g/mol. The summed E-state index contributed by atoms with van der Waals surface area (Å²) in [5, 5.41) is 5.62. The van der Waals surface area contributed by atoms with E-state index in [2.05, 4.69) is 70.5 Å². The minimum atomic E-state index is 0.582. The summed E-state index contributed by atoms with van der Waals surface area (Å²) in [4.78, 5) is 10.7. The Morgan fingerprint density at radius 1 is 1.28 bits per heavy atom. The molecule has 1 unspecified atom stereocenters. The van der Waals surface area contributed by atoms with Crippen molar-refractivity contribution in [3.8, 4) is 5.75 Å². The van der Waals surface area contributed by atoms with Crippen LogP contribution in [0.4, 0.5) is 5.95 Å². The number of benzene rings is 1. The van der Waals surface area contributed by atoms with Crippen molar-refractivity contribution in [2.24, 2.45) is 5.92 Å². The van der Waals surface area contributed by atoms with Crippen LogP contribution in [-0.4, -0.2) is 66.7 Å². The van der Waals surface area contributed by atoms with Crippen molar-refractivity contribution in [2.45, 2.75) is 19.5 Å². The molecule has 0 bridgehead atoms. The second-order valence-electron chi connectivity index (χ2n) is 8.22. The van der Waals surface area contributed by atoms with Gasteiger partial charge in [0.05, 0.1) is 17.6 Å². The maximum absolute atomic E-state index is 6.06. The van der Waals surface area contributed by atoms with Crippen LogP contribution < -0.4 is 10.1 Å². The van der Waals surface area contributed by atoms with Gasteiger partial charge >= 0.3 is 0 Å². The van der Waals surface area contributed by atoms with Gasteiger partial charge in [-0.3, -0.25) is 0 Å². The van der Waals surface area contributed by atoms with Gasteiger partial charge in [0.1, 0.15) is 5.75 Å². The molecule has 0 radical (unpaired) electrons. The average molecular weight is 414 g/mol. The van der Waals surface area contributed by atoms with Crippen molar-refractivity contribution in [3.05, 3.63) is 40.6 Å². The highest BCUT2D eigenvalue weighted by Crippen LogP contribution is 2.28. The molecule has 0 saturated carbocycles. The molecule has 4 rings (SSSR count). The third-order valence-electron chi connectivity index (χ3n) is 5.29. The van der Waals surface area contributed by atoms with E-state index >= 15 is 0 Å². The number of ether oxygens (including phenoxy) is 1. The second kappa shape index (κ2) is 9.15. The van der Waals surface area contributed by atoms with Crippen LogP contribution in [0.15, 0.2) is 35.7 Å². The molecule has 1 aliphatic rings. The lowest BCUT2D eigenvalue weighted by atomic mass is 10.1. The fourth-order valence-electron chi connectivity index (χ4n) is 3.98. The molecule has 0 fully saturated rings. The van der Waals surface area contributed by atoms with Crippen LogP contribution in [0.2, 0.25) is 0 Å². The lowest BCUT2D eigenvalue weighted by Crippen LogP contribution is -2.34. The van der Waals surface area contributed by atoms with Crippen LogP contribution in [-0.2, 0) is 13.1 Å². The lowest BCUT2D eigenvalue weighted by Gasteiger charge is -2.27. The Morgan fingerprint density at radius 2 is 2.17 bits per heavy atom. The molecule has 1 N–H and O–H groups in total. The highest BCUT2D eigenvalue weighted by atomic mass is 32.1. The molecule has 0 saturated heterocycles. The smallest absolute Gasteiger partial charge is 0.203 e. The normalized spacial score (nSPS) is 16.4. The molecule has 1 aliphatic heterocycles. The van der Waals surface area contributed by atoms with Gasteiger partial charge in [-0.05, 0) is 51.1 Å². The van der Waals surface area contributed by atoms with Crippen molar-refractivity contribution in [1.29, 1.82) is 0 Å². The topological polar surface area (TPSA) is 45.6 Å². The van der Waals surface area contributed by atoms with E-state index in [1.807, 2.05) is 17.4 Å². The van der Waals surface area contributed by atoms with E-state index in [4.69, 9.17) is 9.72 Å². The maximum atomic E-state index is 6.06. The Bertz CT molecular complexity index is 921. The van der Waals surface area contributed by atoms with Crippen molar-refractivity contribution < 1.29 is 4.74 Å². The number of imidazole rings is 1. The number of fused-ring (bicyclic) bond motifs is 3. The molecule has 0 amide bonds. The Balaban J connectivity index is 1.33. The highest BCUT2D eigenvalue weighted by molar-refractivity contribution is 7.09. The molecular formula is C22H31N5OS. The Kier molecular flexibility index (Phi) is 6.37. The summed E-state index contributed by atoms with van der Waals surface area (Å²) in [5.41, 5.74) is 2.18. The first-order valence-corrected chi connectivity index (χ1v) is 11.2. The first-order valence-electron chi connectivity index (χ1n) is 10.3. The van der Waals surface area contributed by atoms with Crippen molar-refractivity contribution in [3.63, 3.8) is 0 Å². The van der Waals surface area contributed by atoms with Crippen LogP contribution in [0, 0.1) is 5.92 Å². The summed E-state index contributed by atoms with van der Waals surface area (Å²) in [6.45, 7) is 5.80. The summed E-state index contributed by atoms with van der Waals surface area (Å²) < 4.78 is 8.36. The van der Waals surface area contributed by atoms with Gasteiger partial charge in [0.2, 0.25) is 5.95 Å². The van der Waals surface area contributed by atoms with Crippen LogP contribution in [0.1, 0.15) is 11.3 Å². The third kappa shape index (κ3) is 5.10. The summed E-state index contributed by atoms with van der Waals surface area (Å²) in [6.07, 6.45) is 1.01. The zero-order valence-corrected chi connectivity index (χ0v) is 18.4. The molecule has 1 atom stereocenters. The number of hydrogen-bond donors (Lipinski definition) is 1. The number of anilines is 1. The summed E-state index contributed by atoms with van der Waals surface area (Å²) in [5.74, 6) is 2.48. The van der Waals surface area contributed by atoms with Gasteiger partial charge in [0, 0.05) is 49.6 Å². The lowest BCUT2D eigenvalue weighted by molar-refractivity contribution is 0.260. The number of rotatable bonds is 9. The van der Waals surface area contributed by atoms with Crippen LogP contribution >= 0.6 is 11.3 Å². The molecule has 3 heterocycles. The third-order valence-corrected chi connectivity index (χ3v) is 6.15. The van der Waals surface area contributed by atoms with Gasteiger partial charge in [-0.1, -0.05) is 6.07 Å². The monoisotopic (exact) mass is 413 g/mol. The predicted molar refractivity (Wildman–Crippen MR) is 121 cm³/mol. The quantitative estimate of drug-likeness (QED) is 0.543. The predicted octanol–water partition coefficient (Wildman–Crippen LogP) is 3.60. The number of nitrogens with one attached hydrogen (secondary N) is 1. The molecule has 0 aliphatic carbocycles. The molecule has 156 valence electrons. The average Bonchev–Trinajstić information content (AvgIpc) is 3.32. The van der Waals surface area contributed by atoms with Crippen LogP contribution in [0.5, 0.6) is 5.75 Å². The molecule has 3 aromatic rings. The standard InChI is InChI=1S/C22H31N5OS/c1-25(2)14-17-13-23-22-24-20-8-7-18(12-21(20)27(22)15-17)28-10-5-9-26(3)16-19-6-4-11-29-19/h4,6-8,11-12,17H,5,9-10,13-16H2,1-3H3,(H,23,24). The molecule has 2 aromatic heterocycles. The minimum absolute atomic E-state index is 0.582. The van der Waals surface area contributed by atoms with E-state index < -0.39 is 0 Å². The fourth-order valence-corrected chi connectivity index (χ4v) is 4.77. The number of thiophene rings is 1. The Morgan fingerprint density at radius 3 is 2.97 bits per heavy atom. The molecule has 0 spiro atoms. The van der Waals surface area contributed by atoms with Crippen molar-refractivity contribution >= 4 is 28.3 Å². The van der Waals surface area contributed by atoms with Crippen LogP contribution in [0.25, 0.3) is 11.0 Å². The SMILES string of the molecule is CN(C)CC1CNc2nc3ccc(OCCCN(C)Cc4cccs4)cc3n2C1. The van der Waals surface area contributed by atoms with E-state index in [1.165, 1.54) is 4.88 Å². The van der Waals surface area contributed by atoms with E-state index in [-0.39, 0.29) is 0 Å². The van der Waals surface area contributed by atoms with E-state index in [0.29, 0.717) is 5.92 Å². The van der Waals surface area contributed by atoms with Crippen LogP contribution in [0.3, 0.4) is 0 Å². The first-order chi connectivity index (χ1) is 14.1. The van der Waals surface area contributed by atoms with E-state index in [0.717, 1.165) is 68.5 Å². The van der Waals surface area contributed by atoms with E-state index in [1.54, 1.807) is 0 Å². The molecule has 29 heavy (non-hydrogen) atoms. The summed E-state index contributed by atoms with van der Waals surface area (Å²) in [6, 6.07) is 10.5. The zero-order chi connectivity index (χ0) is 20.2. The molecule has 6 nitrogen and oxygen atoms in total. The molecule has 7 heteroatoms. The Hall–Kier alpha value is -2.09.